The van der Waals surface area contributed by atoms with Crippen LogP contribution in [0.15, 0.2) is 88.4 Å². The first kappa shape index (κ1) is 20.6. The van der Waals surface area contributed by atoms with E-state index in [1.165, 1.54) is 4.88 Å². The quantitative estimate of drug-likeness (QED) is 0.374. The molecular formula is C25H22N4OS2. The SMILES string of the molecule is CC1=C(c2nc(-c3ccccc3)no2)C(c2ccccc2)NC(=S)N1CCc1cccs1. The minimum Gasteiger partial charge on any atom is -0.351 e. The summed E-state index contributed by atoms with van der Waals surface area (Å²) in [5, 5.41) is 10.6. The first-order chi connectivity index (χ1) is 15.7. The average molecular weight is 459 g/mol. The average Bonchev–Trinajstić information content (AvgIpc) is 3.52. The summed E-state index contributed by atoms with van der Waals surface area (Å²) in [6.45, 7) is 2.86. The lowest BCUT2D eigenvalue weighted by molar-refractivity contribution is 0.397. The van der Waals surface area contributed by atoms with Crippen molar-refractivity contribution in [1.82, 2.24) is 20.4 Å². The maximum Gasteiger partial charge on any atom is 0.258 e. The summed E-state index contributed by atoms with van der Waals surface area (Å²) < 4.78 is 5.79. The fourth-order valence-electron chi connectivity index (χ4n) is 3.94. The van der Waals surface area contributed by atoms with Crippen molar-refractivity contribution < 1.29 is 4.52 Å². The van der Waals surface area contributed by atoms with E-state index in [-0.39, 0.29) is 6.04 Å². The number of hydrogen-bond acceptors (Lipinski definition) is 5. The third-order valence-corrected chi connectivity index (χ3v) is 6.85. The van der Waals surface area contributed by atoms with Crippen LogP contribution in [0, 0.1) is 0 Å². The van der Waals surface area contributed by atoms with Gasteiger partial charge in [0.25, 0.3) is 5.89 Å². The highest BCUT2D eigenvalue weighted by atomic mass is 32.1. The molecule has 2 aromatic heterocycles. The zero-order chi connectivity index (χ0) is 21.9. The summed E-state index contributed by atoms with van der Waals surface area (Å²) in [7, 11) is 0. The highest BCUT2D eigenvalue weighted by Crippen LogP contribution is 2.37. The molecule has 2 aromatic carbocycles. The zero-order valence-electron chi connectivity index (χ0n) is 17.6. The van der Waals surface area contributed by atoms with E-state index in [1.807, 2.05) is 48.5 Å². The van der Waals surface area contributed by atoms with Crippen LogP contribution in [0.25, 0.3) is 17.0 Å². The van der Waals surface area contributed by atoms with Crippen molar-refractivity contribution in [2.75, 3.05) is 6.54 Å². The predicted molar refractivity (Wildman–Crippen MR) is 132 cm³/mol. The molecule has 32 heavy (non-hydrogen) atoms. The molecule has 1 aliphatic rings. The minimum atomic E-state index is -0.161. The maximum absolute atomic E-state index is 5.79. The number of nitrogens with one attached hydrogen (secondary N) is 1. The fraction of sp³-hybridized carbons (Fsp3) is 0.160. The van der Waals surface area contributed by atoms with Gasteiger partial charge in [0.05, 0.1) is 11.6 Å². The lowest BCUT2D eigenvalue weighted by Crippen LogP contribution is -2.46. The molecule has 0 saturated carbocycles. The van der Waals surface area contributed by atoms with E-state index in [1.54, 1.807) is 11.3 Å². The van der Waals surface area contributed by atoms with Gasteiger partial charge in [-0.25, -0.2) is 0 Å². The van der Waals surface area contributed by atoms with Crippen molar-refractivity contribution in [2.24, 2.45) is 0 Å². The second-order valence-electron chi connectivity index (χ2n) is 7.56. The van der Waals surface area contributed by atoms with Crippen molar-refractivity contribution >= 4 is 34.2 Å². The molecule has 4 aromatic rings. The van der Waals surface area contributed by atoms with Crippen molar-refractivity contribution in [3.05, 3.63) is 100 Å². The molecule has 0 aliphatic carbocycles. The van der Waals surface area contributed by atoms with Crippen LogP contribution >= 0.6 is 23.6 Å². The Labute approximate surface area is 196 Å². The normalized spacial score (nSPS) is 16.3. The number of aromatic nitrogens is 2. The Morgan fingerprint density at radius 2 is 1.78 bits per heavy atom. The molecule has 5 nitrogen and oxygen atoms in total. The summed E-state index contributed by atoms with van der Waals surface area (Å²) in [6, 6.07) is 24.2. The van der Waals surface area contributed by atoms with Crippen molar-refractivity contribution in [2.45, 2.75) is 19.4 Å². The Balaban J connectivity index is 1.55. The Kier molecular flexibility index (Phi) is 5.83. The number of thiocarbonyl (C=S) groups is 1. The highest BCUT2D eigenvalue weighted by molar-refractivity contribution is 7.80. The van der Waals surface area contributed by atoms with Gasteiger partial charge in [-0.15, -0.1) is 11.3 Å². The molecule has 0 amide bonds. The van der Waals surface area contributed by atoms with E-state index in [0.29, 0.717) is 16.8 Å². The lowest BCUT2D eigenvalue weighted by Gasteiger charge is -2.37. The predicted octanol–water partition coefficient (Wildman–Crippen LogP) is 5.70. The molecule has 1 N–H and O–H groups in total. The second kappa shape index (κ2) is 9.06. The highest BCUT2D eigenvalue weighted by Gasteiger charge is 2.33. The third-order valence-electron chi connectivity index (χ3n) is 5.58. The molecular weight excluding hydrogens is 436 g/mol. The van der Waals surface area contributed by atoms with Gasteiger partial charge in [-0.2, -0.15) is 4.98 Å². The minimum absolute atomic E-state index is 0.161. The second-order valence-corrected chi connectivity index (χ2v) is 8.98. The first-order valence-electron chi connectivity index (χ1n) is 10.5. The van der Waals surface area contributed by atoms with E-state index in [0.717, 1.165) is 35.4 Å². The number of rotatable bonds is 6. The van der Waals surface area contributed by atoms with Gasteiger partial charge in [0.15, 0.2) is 5.11 Å². The molecule has 1 aliphatic heterocycles. The van der Waals surface area contributed by atoms with Crippen LogP contribution < -0.4 is 5.32 Å². The Morgan fingerprint density at radius 3 is 2.50 bits per heavy atom. The molecule has 0 spiro atoms. The summed E-state index contributed by atoms with van der Waals surface area (Å²) in [6.07, 6.45) is 0.916. The summed E-state index contributed by atoms with van der Waals surface area (Å²) in [5.74, 6) is 1.08. The van der Waals surface area contributed by atoms with Crippen LogP contribution in [0.1, 0.15) is 29.3 Å². The largest absolute Gasteiger partial charge is 0.351 e. The molecule has 3 heterocycles. The molecule has 0 radical (unpaired) electrons. The molecule has 7 heteroatoms. The van der Waals surface area contributed by atoms with Gasteiger partial charge in [0, 0.05) is 22.7 Å². The first-order valence-corrected chi connectivity index (χ1v) is 11.7. The molecule has 1 atom stereocenters. The third kappa shape index (κ3) is 4.09. The number of allylic oxidation sites excluding steroid dienone is 1. The monoisotopic (exact) mass is 458 g/mol. The van der Waals surface area contributed by atoms with Crippen molar-refractivity contribution in [3.63, 3.8) is 0 Å². The fourth-order valence-corrected chi connectivity index (χ4v) is 4.98. The van der Waals surface area contributed by atoms with Gasteiger partial charge in [-0.05, 0) is 42.6 Å². The lowest BCUT2D eigenvalue weighted by atomic mass is 9.95. The van der Waals surface area contributed by atoms with Crippen LogP contribution in [0.2, 0.25) is 0 Å². The smallest absolute Gasteiger partial charge is 0.258 e. The van der Waals surface area contributed by atoms with Gasteiger partial charge in [-0.3, -0.25) is 0 Å². The van der Waals surface area contributed by atoms with Crippen LogP contribution in [0.5, 0.6) is 0 Å². The Morgan fingerprint density at radius 1 is 1.03 bits per heavy atom. The van der Waals surface area contributed by atoms with Gasteiger partial charge >= 0.3 is 0 Å². The van der Waals surface area contributed by atoms with Crippen LogP contribution in [0.3, 0.4) is 0 Å². The molecule has 1 unspecified atom stereocenters. The summed E-state index contributed by atoms with van der Waals surface area (Å²) >= 11 is 7.54. The molecule has 5 rings (SSSR count). The topological polar surface area (TPSA) is 54.2 Å². The van der Waals surface area contributed by atoms with Gasteiger partial charge in [0.2, 0.25) is 5.82 Å². The molecule has 160 valence electrons. The summed E-state index contributed by atoms with van der Waals surface area (Å²) in [4.78, 5) is 8.22. The summed E-state index contributed by atoms with van der Waals surface area (Å²) in [5.41, 5.74) is 4.00. The number of thiophene rings is 1. The van der Waals surface area contributed by atoms with E-state index in [2.05, 4.69) is 51.9 Å². The van der Waals surface area contributed by atoms with Crippen molar-refractivity contribution in [1.29, 1.82) is 0 Å². The molecule has 0 bridgehead atoms. The van der Waals surface area contributed by atoms with E-state index >= 15 is 0 Å². The van der Waals surface area contributed by atoms with Crippen molar-refractivity contribution in [3.8, 4) is 11.4 Å². The van der Waals surface area contributed by atoms with Crippen LogP contribution in [-0.4, -0.2) is 26.7 Å². The number of hydrogen-bond donors (Lipinski definition) is 1. The van der Waals surface area contributed by atoms with Gasteiger partial charge in [0.1, 0.15) is 0 Å². The Hall–Kier alpha value is -3.29. The molecule has 0 saturated heterocycles. The van der Waals surface area contributed by atoms with Crippen LogP contribution in [0.4, 0.5) is 0 Å². The van der Waals surface area contributed by atoms with E-state index in [9.17, 15) is 0 Å². The number of benzene rings is 2. The zero-order valence-corrected chi connectivity index (χ0v) is 19.2. The van der Waals surface area contributed by atoms with E-state index in [4.69, 9.17) is 21.7 Å². The standard InChI is InChI=1S/C25H22N4OS2/c1-17-21(24-27-23(28-30-24)19-11-6-3-7-12-19)22(18-9-4-2-5-10-18)26-25(31)29(17)15-14-20-13-8-16-32-20/h2-13,16,22H,14-15H2,1H3,(H,26,31). The maximum atomic E-state index is 5.79. The number of nitrogens with zero attached hydrogens (tertiary/aromatic N) is 3. The molecule has 0 fully saturated rings. The Bertz CT molecular complexity index is 1230. The van der Waals surface area contributed by atoms with Gasteiger partial charge < -0.3 is 14.7 Å². The van der Waals surface area contributed by atoms with Gasteiger partial charge in [-0.1, -0.05) is 71.9 Å². The van der Waals surface area contributed by atoms with Crippen LogP contribution in [-0.2, 0) is 6.42 Å². The van der Waals surface area contributed by atoms with E-state index < -0.39 is 0 Å².